The minimum absolute atomic E-state index is 0.354. The number of benzene rings is 2. The standard InChI is InChI=1S/C23H23N5OS2/c1-3-12-28-21(14-29-20-11-7-8-17(2)13-20)26-27-23(28)31-16-19-15-30-22(25-19)24-18-9-5-4-6-10-18/h3-11,13,15H,1,12,14,16H2,2H3,(H,24,25). The maximum atomic E-state index is 5.91. The summed E-state index contributed by atoms with van der Waals surface area (Å²) in [6, 6.07) is 18.0. The van der Waals surface area contributed by atoms with Crippen molar-refractivity contribution in [1.82, 2.24) is 19.7 Å². The van der Waals surface area contributed by atoms with Gasteiger partial charge in [0, 0.05) is 23.4 Å². The largest absolute Gasteiger partial charge is 0.486 e. The summed E-state index contributed by atoms with van der Waals surface area (Å²) in [6.07, 6.45) is 1.84. The Hall–Kier alpha value is -3.10. The number of nitrogens with one attached hydrogen (secondary N) is 1. The average Bonchev–Trinajstić information content (AvgIpc) is 3.38. The summed E-state index contributed by atoms with van der Waals surface area (Å²) in [5.74, 6) is 2.30. The molecular formula is C23H23N5OS2. The molecule has 31 heavy (non-hydrogen) atoms. The lowest BCUT2D eigenvalue weighted by molar-refractivity contribution is 0.289. The number of nitrogens with zero attached hydrogens (tertiary/aromatic N) is 4. The molecule has 0 amide bonds. The van der Waals surface area contributed by atoms with Crippen LogP contribution in [0.3, 0.4) is 0 Å². The summed E-state index contributed by atoms with van der Waals surface area (Å²) < 4.78 is 7.94. The number of para-hydroxylation sites is 1. The number of ether oxygens (including phenoxy) is 1. The number of hydrogen-bond donors (Lipinski definition) is 1. The van der Waals surface area contributed by atoms with E-state index in [1.165, 1.54) is 0 Å². The highest BCUT2D eigenvalue weighted by atomic mass is 32.2. The maximum Gasteiger partial charge on any atom is 0.191 e. The van der Waals surface area contributed by atoms with Crippen LogP contribution in [0.1, 0.15) is 17.1 Å². The Balaban J connectivity index is 1.38. The zero-order valence-corrected chi connectivity index (χ0v) is 18.8. The second-order valence-corrected chi connectivity index (χ2v) is 8.63. The van der Waals surface area contributed by atoms with Crippen LogP contribution in [0.25, 0.3) is 0 Å². The van der Waals surface area contributed by atoms with Crippen molar-refractivity contribution in [2.24, 2.45) is 0 Å². The van der Waals surface area contributed by atoms with Crippen molar-refractivity contribution < 1.29 is 4.74 Å². The zero-order valence-electron chi connectivity index (χ0n) is 17.2. The third kappa shape index (κ3) is 5.74. The molecule has 0 saturated heterocycles. The first kappa shape index (κ1) is 21.1. The number of allylic oxidation sites excluding steroid dienone is 1. The molecule has 2 aromatic heterocycles. The van der Waals surface area contributed by atoms with Gasteiger partial charge >= 0.3 is 0 Å². The third-order valence-corrected chi connectivity index (χ3v) is 6.20. The Morgan fingerprint density at radius 1 is 1.16 bits per heavy atom. The number of hydrogen-bond acceptors (Lipinski definition) is 7. The lowest BCUT2D eigenvalue weighted by Crippen LogP contribution is -2.07. The molecule has 4 aromatic rings. The van der Waals surface area contributed by atoms with E-state index in [4.69, 9.17) is 4.74 Å². The SMILES string of the molecule is C=CCn1c(COc2cccc(C)c2)nnc1SCc1csc(Nc2ccccc2)n1. The predicted molar refractivity (Wildman–Crippen MR) is 127 cm³/mol. The lowest BCUT2D eigenvalue weighted by atomic mass is 10.2. The highest BCUT2D eigenvalue weighted by Gasteiger charge is 2.13. The van der Waals surface area contributed by atoms with E-state index < -0.39 is 0 Å². The second-order valence-electron chi connectivity index (χ2n) is 6.83. The number of aromatic nitrogens is 4. The molecule has 2 aromatic carbocycles. The predicted octanol–water partition coefficient (Wildman–Crippen LogP) is 5.84. The fourth-order valence-corrected chi connectivity index (χ4v) is 4.61. The van der Waals surface area contributed by atoms with Crippen LogP contribution in [-0.4, -0.2) is 19.7 Å². The molecule has 2 heterocycles. The van der Waals surface area contributed by atoms with Crippen LogP contribution in [0.4, 0.5) is 10.8 Å². The molecule has 4 rings (SSSR count). The van der Waals surface area contributed by atoms with Crippen LogP contribution in [0.15, 0.2) is 77.8 Å². The monoisotopic (exact) mass is 449 g/mol. The number of anilines is 2. The van der Waals surface area contributed by atoms with E-state index in [0.717, 1.165) is 38.8 Å². The Bertz CT molecular complexity index is 1140. The molecule has 158 valence electrons. The zero-order chi connectivity index (χ0) is 21.5. The first-order chi connectivity index (χ1) is 15.2. The molecule has 0 spiro atoms. The Kier molecular flexibility index (Phi) is 7.01. The summed E-state index contributed by atoms with van der Waals surface area (Å²) in [7, 11) is 0. The van der Waals surface area contributed by atoms with Crippen LogP contribution in [-0.2, 0) is 18.9 Å². The van der Waals surface area contributed by atoms with Gasteiger partial charge in [0.05, 0.1) is 5.69 Å². The van der Waals surface area contributed by atoms with E-state index in [1.54, 1.807) is 23.1 Å². The van der Waals surface area contributed by atoms with E-state index in [2.05, 4.69) is 32.5 Å². The van der Waals surface area contributed by atoms with Gasteiger partial charge in [-0.25, -0.2) is 4.98 Å². The smallest absolute Gasteiger partial charge is 0.191 e. The molecule has 0 saturated carbocycles. The molecule has 8 heteroatoms. The Morgan fingerprint density at radius 3 is 2.84 bits per heavy atom. The lowest BCUT2D eigenvalue weighted by Gasteiger charge is -2.09. The number of thioether (sulfide) groups is 1. The first-order valence-electron chi connectivity index (χ1n) is 9.83. The summed E-state index contributed by atoms with van der Waals surface area (Å²) >= 11 is 3.20. The van der Waals surface area contributed by atoms with Gasteiger partial charge in [0.25, 0.3) is 0 Å². The van der Waals surface area contributed by atoms with Crippen molar-refractivity contribution in [3.8, 4) is 5.75 Å². The van der Waals surface area contributed by atoms with Crippen LogP contribution in [0.5, 0.6) is 5.75 Å². The van der Waals surface area contributed by atoms with Gasteiger partial charge in [0.1, 0.15) is 12.4 Å². The molecule has 1 N–H and O–H groups in total. The number of rotatable bonds is 10. The van der Waals surface area contributed by atoms with Gasteiger partial charge in [-0.3, -0.25) is 4.57 Å². The Morgan fingerprint density at radius 2 is 2.03 bits per heavy atom. The van der Waals surface area contributed by atoms with E-state index in [1.807, 2.05) is 72.2 Å². The quantitative estimate of drug-likeness (QED) is 0.242. The fraction of sp³-hybridized carbons (Fsp3) is 0.174. The molecule has 0 radical (unpaired) electrons. The molecule has 0 unspecified atom stereocenters. The van der Waals surface area contributed by atoms with Crippen molar-refractivity contribution in [1.29, 1.82) is 0 Å². The maximum absolute atomic E-state index is 5.91. The van der Waals surface area contributed by atoms with Gasteiger partial charge in [-0.1, -0.05) is 48.2 Å². The van der Waals surface area contributed by atoms with E-state index in [0.29, 0.717) is 18.9 Å². The van der Waals surface area contributed by atoms with Gasteiger partial charge in [-0.15, -0.1) is 28.1 Å². The minimum atomic E-state index is 0.354. The van der Waals surface area contributed by atoms with Crippen molar-refractivity contribution >= 4 is 33.9 Å². The van der Waals surface area contributed by atoms with Gasteiger partial charge in [0.15, 0.2) is 16.1 Å². The summed E-state index contributed by atoms with van der Waals surface area (Å²) in [5.41, 5.74) is 3.19. The molecular weight excluding hydrogens is 426 g/mol. The Labute approximate surface area is 190 Å². The van der Waals surface area contributed by atoms with E-state index in [9.17, 15) is 0 Å². The van der Waals surface area contributed by atoms with Gasteiger partial charge in [-0.05, 0) is 36.8 Å². The normalized spacial score (nSPS) is 10.7. The van der Waals surface area contributed by atoms with Crippen molar-refractivity contribution in [3.63, 3.8) is 0 Å². The van der Waals surface area contributed by atoms with Gasteiger partial charge < -0.3 is 10.1 Å². The van der Waals surface area contributed by atoms with E-state index in [-0.39, 0.29) is 0 Å². The molecule has 0 bridgehead atoms. The minimum Gasteiger partial charge on any atom is -0.486 e. The fourth-order valence-electron chi connectivity index (χ4n) is 2.91. The number of aryl methyl sites for hydroxylation is 1. The number of thiazole rings is 1. The summed E-state index contributed by atoms with van der Waals surface area (Å²) in [6.45, 7) is 6.89. The van der Waals surface area contributed by atoms with Crippen LogP contribution >= 0.6 is 23.1 Å². The highest BCUT2D eigenvalue weighted by molar-refractivity contribution is 7.98. The highest BCUT2D eigenvalue weighted by Crippen LogP contribution is 2.26. The van der Waals surface area contributed by atoms with Crippen molar-refractivity contribution in [2.45, 2.75) is 31.0 Å². The first-order valence-corrected chi connectivity index (χ1v) is 11.7. The van der Waals surface area contributed by atoms with Crippen LogP contribution in [0.2, 0.25) is 0 Å². The molecule has 0 aliphatic rings. The topological polar surface area (TPSA) is 64.9 Å². The molecule has 0 aliphatic carbocycles. The van der Waals surface area contributed by atoms with Crippen LogP contribution in [0, 0.1) is 6.92 Å². The molecule has 0 fully saturated rings. The third-order valence-electron chi connectivity index (χ3n) is 4.39. The van der Waals surface area contributed by atoms with Crippen molar-refractivity contribution in [2.75, 3.05) is 5.32 Å². The van der Waals surface area contributed by atoms with E-state index >= 15 is 0 Å². The summed E-state index contributed by atoms with van der Waals surface area (Å²) in [5, 5.41) is 15.8. The second kappa shape index (κ2) is 10.3. The average molecular weight is 450 g/mol. The molecule has 0 aliphatic heterocycles. The van der Waals surface area contributed by atoms with Gasteiger partial charge in [0.2, 0.25) is 0 Å². The van der Waals surface area contributed by atoms with Crippen molar-refractivity contribution in [3.05, 3.63) is 89.7 Å². The molecule has 6 nitrogen and oxygen atoms in total. The molecule has 0 atom stereocenters. The van der Waals surface area contributed by atoms with Gasteiger partial charge in [-0.2, -0.15) is 0 Å². The van der Waals surface area contributed by atoms with Crippen LogP contribution < -0.4 is 10.1 Å². The summed E-state index contributed by atoms with van der Waals surface area (Å²) in [4.78, 5) is 4.67.